The molecule has 1 N–H and O–H groups in total. The normalized spacial score (nSPS) is 15.1. The average Bonchev–Trinajstić information content (AvgIpc) is 3.41. The van der Waals surface area contributed by atoms with Crippen molar-refractivity contribution < 1.29 is 9.47 Å². The number of nitrogens with zero attached hydrogens (tertiary/aromatic N) is 2. The van der Waals surface area contributed by atoms with Crippen LogP contribution in [0.2, 0.25) is 0 Å². The lowest BCUT2D eigenvalue weighted by Gasteiger charge is -2.25. The lowest BCUT2D eigenvalue weighted by molar-refractivity contribution is 0.0346. The molecule has 0 spiro atoms. The van der Waals surface area contributed by atoms with Gasteiger partial charge in [-0.25, -0.2) is 4.98 Å². The predicted octanol–water partition coefficient (Wildman–Crippen LogP) is 4.80. The van der Waals surface area contributed by atoms with Gasteiger partial charge in [0.2, 0.25) is 0 Å². The van der Waals surface area contributed by atoms with Gasteiger partial charge in [0.1, 0.15) is 11.4 Å². The van der Waals surface area contributed by atoms with Crippen molar-refractivity contribution in [3.05, 3.63) is 59.7 Å². The van der Waals surface area contributed by atoms with Crippen LogP contribution in [-0.4, -0.2) is 48.3 Å². The Morgan fingerprint density at radius 2 is 1.93 bits per heavy atom. The second-order valence-electron chi connectivity index (χ2n) is 7.14. The maximum absolute atomic E-state index is 5.60. The van der Waals surface area contributed by atoms with Crippen molar-refractivity contribution in [2.75, 3.05) is 33.4 Å². The molecule has 4 heterocycles. The first kappa shape index (κ1) is 18.4. The minimum Gasteiger partial charge on any atom is -0.496 e. The number of nitrogens with one attached hydrogen (secondary N) is 1. The quantitative estimate of drug-likeness (QED) is 0.518. The first-order valence-electron chi connectivity index (χ1n) is 9.82. The zero-order chi connectivity index (χ0) is 19.6. The number of aromatic amines is 1. The van der Waals surface area contributed by atoms with E-state index >= 15 is 0 Å². The minimum atomic E-state index is 0.828. The van der Waals surface area contributed by atoms with Gasteiger partial charge in [-0.1, -0.05) is 18.2 Å². The molecule has 0 radical (unpaired) electrons. The van der Waals surface area contributed by atoms with E-state index < -0.39 is 0 Å². The third-order valence-electron chi connectivity index (χ3n) is 5.38. The van der Waals surface area contributed by atoms with Gasteiger partial charge < -0.3 is 14.5 Å². The first-order chi connectivity index (χ1) is 14.3. The number of thiophene rings is 1. The van der Waals surface area contributed by atoms with Crippen molar-refractivity contribution in [2.45, 2.75) is 6.54 Å². The highest BCUT2D eigenvalue weighted by atomic mass is 32.1. The van der Waals surface area contributed by atoms with E-state index in [1.54, 1.807) is 7.11 Å². The van der Waals surface area contributed by atoms with Crippen LogP contribution in [0.3, 0.4) is 0 Å². The van der Waals surface area contributed by atoms with Gasteiger partial charge in [-0.15, -0.1) is 11.3 Å². The van der Waals surface area contributed by atoms with Gasteiger partial charge in [0.05, 0.1) is 20.3 Å². The highest BCUT2D eigenvalue weighted by Crippen LogP contribution is 2.41. The number of methoxy groups -OCH3 is 1. The summed E-state index contributed by atoms with van der Waals surface area (Å²) in [5.74, 6) is 0.863. The Labute approximate surface area is 173 Å². The molecule has 0 unspecified atom stereocenters. The summed E-state index contributed by atoms with van der Waals surface area (Å²) in [5, 5.41) is 1.14. The van der Waals surface area contributed by atoms with E-state index in [9.17, 15) is 0 Å². The molecule has 3 aromatic heterocycles. The fourth-order valence-corrected chi connectivity index (χ4v) is 5.01. The molecule has 0 amide bonds. The molecule has 6 heteroatoms. The van der Waals surface area contributed by atoms with Gasteiger partial charge >= 0.3 is 0 Å². The van der Waals surface area contributed by atoms with Gasteiger partial charge in [0.15, 0.2) is 0 Å². The Balaban J connectivity index is 1.55. The molecule has 4 aromatic rings. The summed E-state index contributed by atoms with van der Waals surface area (Å²) in [5.41, 5.74) is 4.28. The molecule has 1 saturated heterocycles. The molecule has 0 atom stereocenters. The van der Waals surface area contributed by atoms with Crippen molar-refractivity contribution in [1.82, 2.24) is 14.9 Å². The lowest BCUT2D eigenvalue weighted by Crippen LogP contribution is -2.35. The Hall–Kier alpha value is -2.67. The van der Waals surface area contributed by atoms with E-state index in [-0.39, 0.29) is 0 Å². The van der Waals surface area contributed by atoms with Crippen LogP contribution in [0.25, 0.3) is 32.6 Å². The van der Waals surface area contributed by atoms with Crippen LogP contribution in [0.5, 0.6) is 5.75 Å². The number of hydrogen-bond acceptors (Lipinski definition) is 5. The van der Waals surface area contributed by atoms with Gasteiger partial charge in [0, 0.05) is 63.9 Å². The second kappa shape index (κ2) is 7.99. The number of fused-ring (bicyclic) bond motifs is 1. The molecule has 29 heavy (non-hydrogen) atoms. The molecular weight excluding hydrogens is 382 g/mol. The second-order valence-corrected chi connectivity index (χ2v) is 8.31. The average molecular weight is 406 g/mol. The molecule has 0 aliphatic carbocycles. The molecular formula is C23H23N3O2S. The number of aromatic nitrogens is 2. The van der Waals surface area contributed by atoms with E-state index in [1.165, 1.54) is 15.3 Å². The summed E-state index contributed by atoms with van der Waals surface area (Å²) in [6, 6.07) is 14.7. The van der Waals surface area contributed by atoms with Crippen LogP contribution < -0.4 is 4.74 Å². The molecule has 1 aliphatic rings. The van der Waals surface area contributed by atoms with Gasteiger partial charge in [-0.05, 0) is 24.3 Å². The van der Waals surface area contributed by atoms with E-state index in [0.29, 0.717) is 0 Å². The van der Waals surface area contributed by atoms with Gasteiger partial charge in [-0.2, -0.15) is 0 Å². The van der Waals surface area contributed by atoms with Crippen molar-refractivity contribution in [2.24, 2.45) is 0 Å². The number of ether oxygens (including phenoxy) is 2. The number of rotatable bonds is 5. The number of pyridine rings is 1. The zero-order valence-corrected chi connectivity index (χ0v) is 17.2. The van der Waals surface area contributed by atoms with Crippen LogP contribution >= 0.6 is 11.3 Å². The molecule has 1 fully saturated rings. The minimum absolute atomic E-state index is 0.828. The monoisotopic (exact) mass is 405 g/mol. The van der Waals surface area contributed by atoms with Crippen molar-refractivity contribution >= 4 is 22.4 Å². The Morgan fingerprint density at radius 3 is 2.79 bits per heavy atom. The topological polar surface area (TPSA) is 50.4 Å². The van der Waals surface area contributed by atoms with Crippen molar-refractivity contribution in [1.29, 1.82) is 0 Å². The highest BCUT2D eigenvalue weighted by molar-refractivity contribution is 7.15. The molecule has 0 bridgehead atoms. The van der Waals surface area contributed by atoms with Crippen LogP contribution in [0.15, 0.2) is 54.9 Å². The largest absolute Gasteiger partial charge is 0.496 e. The smallest absolute Gasteiger partial charge is 0.138 e. The van der Waals surface area contributed by atoms with Crippen LogP contribution in [0.4, 0.5) is 0 Å². The zero-order valence-electron chi connectivity index (χ0n) is 16.4. The third-order valence-corrected chi connectivity index (χ3v) is 6.48. The highest BCUT2D eigenvalue weighted by Gasteiger charge is 2.17. The van der Waals surface area contributed by atoms with Gasteiger partial charge in [-0.3, -0.25) is 4.90 Å². The molecule has 1 aromatic carbocycles. The summed E-state index contributed by atoms with van der Waals surface area (Å²) in [7, 11) is 1.71. The van der Waals surface area contributed by atoms with E-state index in [0.717, 1.165) is 60.8 Å². The standard InChI is InChI=1S/C23H23N3O2S/c1-27-20-5-3-2-4-17(20)19-14-25-23-22(19)18(8-9-24-23)21-7-6-16(29-21)15-26-10-12-28-13-11-26/h2-9,14H,10-13,15H2,1H3,(H,24,25). The first-order valence-corrected chi connectivity index (χ1v) is 10.6. The molecule has 1 aliphatic heterocycles. The molecule has 5 rings (SSSR count). The number of para-hydroxylation sites is 1. The number of benzene rings is 1. The summed E-state index contributed by atoms with van der Waals surface area (Å²) in [6.07, 6.45) is 3.91. The lowest BCUT2D eigenvalue weighted by atomic mass is 10.0. The van der Waals surface area contributed by atoms with Crippen LogP contribution in [0.1, 0.15) is 4.88 Å². The Bertz CT molecular complexity index is 1130. The maximum Gasteiger partial charge on any atom is 0.138 e. The molecule has 148 valence electrons. The Morgan fingerprint density at radius 1 is 1.07 bits per heavy atom. The molecule has 5 nitrogen and oxygen atoms in total. The summed E-state index contributed by atoms with van der Waals surface area (Å²) in [4.78, 5) is 13.0. The SMILES string of the molecule is COc1ccccc1-c1c[nH]c2nccc(-c3ccc(CN4CCOCC4)s3)c12. The van der Waals surface area contributed by atoms with E-state index in [4.69, 9.17) is 9.47 Å². The summed E-state index contributed by atoms with van der Waals surface area (Å²) < 4.78 is 11.1. The van der Waals surface area contributed by atoms with Crippen LogP contribution in [0, 0.1) is 0 Å². The van der Waals surface area contributed by atoms with E-state index in [2.05, 4.69) is 39.1 Å². The fourth-order valence-electron chi connectivity index (χ4n) is 3.93. The maximum atomic E-state index is 5.60. The number of hydrogen-bond donors (Lipinski definition) is 1. The van der Waals surface area contributed by atoms with Crippen molar-refractivity contribution in [3.8, 4) is 27.3 Å². The number of morpholine rings is 1. The predicted molar refractivity (Wildman–Crippen MR) is 117 cm³/mol. The third kappa shape index (κ3) is 3.55. The van der Waals surface area contributed by atoms with Gasteiger partial charge in [0.25, 0.3) is 0 Å². The van der Waals surface area contributed by atoms with Crippen molar-refractivity contribution in [3.63, 3.8) is 0 Å². The van der Waals surface area contributed by atoms with Crippen LogP contribution in [-0.2, 0) is 11.3 Å². The fraction of sp³-hybridized carbons (Fsp3) is 0.261. The molecule has 0 saturated carbocycles. The summed E-state index contributed by atoms with van der Waals surface area (Å²) >= 11 is 1.86. The van der Waals surface area contributed by atoms with E-state index in [1.807, 2.05) is 41.9 Å². The number of H-pyrrole nitrogens is 1. The summed E-state index contributed by atoms with van der Waals surface area (Å²) in [6.45, 7) is 4.64. The Kier molecular flexibility index (Phi) is 5.06.